The molecule has 7 heteroatoms. The molecule has 0 aliphatic heterocycles. The quantitative estimate of drug-likeness (QED) is 0.249. The van der Waals surface area contributed by atoms with Crippen molar-refractivity contribution in [2.75, 3.05) is 5.32 Å². The predicted octanol–water partition coefficient (Wildman–Crippen LogP) is 7.46. The number of pyridine rings is 2. The van der Waals surface area contributed by atoms with Crippen LogP contribution in [0.3, 0.4) is 0 Å². The standard InChI is InChI=1S/C27H20ClN3O2S/c28-19-4-1-3-18(15-19)17-33-21-8-11-26(34-22-9-6-20(32)7-10-22)25(16-21)31-24-12-14-30-27-23(24)5-2-13-29-27/h1-16,32H,17H2,(H,29,30,31). The smallest absolute Gasteiger partial charge is 0.161 e. The number of nitrogens with zero attached hydrogens (tertiary/aromatic N) is 2. The maximum Gasteiger partial charge on any atom is 0.161 e. The molecule has 2 aromatic heterocycles. The summed E-state index contributed by atoms with van der Waals surface area (Å²) < 4.78 is 6.07. The lowest BCUT2D eigenvalue weighted by Gasteiger charge is -2.16. The molecule has 0 bridgehead atoms. The molecule has 2 N–H and O–H groups in total. The summed E-state index contributed by atoms with van der Waals surface area (Å²) in [5, 5.41) is 14.8. The van der Waals surface area contributed by atoms with Gasteiger partial charge in [0.2, 0.25) is 0 Å². The molecule has 5 aromatic rings. The number of phenols is 1. The number of aromatic nitrogens is 2. The average Bonchev–Trinajstić information content (AvgIpc) is 2.86. The van der Waals surface area contributed by atoms with Gasteiger partial charge in [0.15, 0.2) is 5.65 Å². The summed E-state index contributed by atoms with van der Waals surface area (Å²) in [6, 6.07) is 26.5. The zero-order valence-corrected chi connectivity index (χ0v) is 19.6. The van der Waals surface area contributed by atoms with Gasteiger partial charge in [-0.05, 0) is 72.3 Å². The molecule has 34 heavy (non-hydrogen) atoms. The van der Waals surface area contributed by atoms with Crippen LogP contribution >= 0.6 is 23.4 Å². The highest BCUT2D eigenvalue weighted by molar-refractivity contribution is 7.99. The van der Waals surface area contributed by atoms with Crippen LogP contribution in [0.1, 0.15) is 5.56 Å². The minimum Gasteiger partial charge on any atom is -0.508 e. The van der Waals surface area contributed by atoms with Gasteiger partial charge in [0, 0.05) is 38.7 Å². The molecule has 168 valence electrons. The number of benzene rings is 3. The largest absolute Gasteiger partial charge is 0.508 e. The van der Waals surface area contributed by atoms with Crippen molar-refractivity contribution in [3.05, 3.63) is 108 Å². The first kappa shape index (κ1) is 22.1. The molecular weight excluding hydrogens is 466 g/mol. The molecule has 3 aromatic carbocycles. The Morgan fingerprint density at radius 3 is 2.56 bits per heavy atom. The zero-order valence-electron chi connectivity index (χ0n) is 18.0. The van der Waals surface area contributed by atoms with Crippen LogP contribution in [-0.4, -0.2) is 15.1 Å². The van der Waals surface area contributed by atoms with Crippen molar-refractivity contribution in [3.8, 4) is 11.5 Å². The second-order valence-corrected chi connectivity index (χ2v) is 9.08. The van der Waals surface area contributed by atoms with Crippen molar-refractivity contribution in [1.29, 1.82) is 0 Å². The molecule has 0 saturated heterocycles. The Morgan fingerprint density at radius 1 is 0.853 bits per heavy atom. The molecule has 0 atom stereocenters. The molecule has 0 aliphatic carbocycles. The highest BCUT2D eigenvalue weighted by Gasteiger charge is 2.11. The zero-order chi connectivity index (χ0) is 23.3. The van der Waals surface area contributed by atoms with E-state index in [-0.39, 0.29) is 5.75 Å². The normalized spacial score (nSPS) is 10.9. The van der Waals surface area contributed by atoms with Gasteiger partial charge in [-0.3, -0.25) is 0 Å². The molecule has 0 radical (unpaired) electrons. The number of rotatable bonds is 7. The number of hydrogen-bond acceptors (Lipinski definition) is 6. The first-order chi connectivity index (χ1) is 16.6. The number of hydrogen-bond donors (Lipinski definition) is 2. The van der Waals surface area contributed by atoms with Gasteiger partial charge in [0.1, 0.15) is 18.1 Å². The fraction of sp³-hybridized carbons (Fsp3) is 0.0370. The third-order valence-electron chi connectivity index (χ3n) is 5.09. The van der Waals surface area contributed by atoms with Gasteiger partial charge in [0.25, 0.3) is 0 Å². The van der Waals surface area contributed by atoms with E-state index in [0.717, 1.165) is 37.9 Å². The van der Waals surface area contributed by atoms with Gasteiger partial charge >= 0.3 is 0 Å². The first-order valence-electron chi connectivity index (χ1n) is 10.6. The number of aromatic hydroxyl groups is 1. The highest BCUT2D eigenvalue weighted by atomic mass is 35.5. The number of anilines is 2. The van der Waals surface area contributed by atoms with E-state index in [1.54, 1.807) is 36.3 Å². The van der Waals surface area contributed by atoms with Crippen molar-refractivity contribution in [3.63, 3.8) is 0 Å². The summed E-state index contributed by atoms with van der Waals surface area (Å²) >= 11 is 7.70. The number of phenolic OH excluding ortho intramolecular Hbond substituents is 1. The van der Waals surface area contributed by atoms with E-state index in [1.165, 1.54) is 0 Å². The van der Waals surface area contributed by atoms with Crippen LogP contribution in [0.15, 0.2) is 107 Å². The van der Waals surface area contributed by atoms with Crippen molar-refractivity contribution >= 4 is 45.8 Å². The second kappa shape index (κ2) is 10.0. The average molecular weight is 486 g/mol. The lowest BCUT2D eigenvalue weighted by Crippen LogP contribution is -1.98. The van der Waals surface area contributed by atoms with Crippen molar-refractivity contribution in [2.24, 2.45) is 0 Å². The lowest BCUT2D eigenvalue weighted by atomic mass is 10.2. The first-order valence-corrected chi connectivity index (χ1v) is 11.8. The van der Waals surface area contributed by atoms with Crippen LogP contribution < -0.4 is 10.1 Å². The Kier molecular flexibility index (Phi) is 6.51. The fourth-order valence-electron chi connectivity index (χ4n) is 3.46. The Balaban J connectivity index is 1.47. The summed E-state index contributed by atoms with van der Waals surface area (Å²) in [6.45, 7) is 0.409. The molecule has 0 saturated carbocycles. The van der Waals surface area contributed by atoms with Crippen LogP contribution in [0, 0.1) is 0 Å². The van der Waals surface area contributed by atoms with Crippen molar-refractivity contribution in [1.82, 2.24) is 9.97 Å². The highest BCUT2D eigenvalue weighted by Crippen LogP contribution is 2.38. The Bertz CT molecular complexity index is 1440. The third kappa shape index (κ3) is 5.25. The SMILES string of the molecule is Oc1ccc(Sc2ccc(OCc3cccc(Cl)c3)cc2Nc2ccnc3ncccc23)cc1. The summed E-state index contributed by atoms with van der Waals surface area (Å²) in [7, 11) is 0. The van der Waals surface area contributed by atoms with Crippen LogP contribution in [0.4, 0.5) is 11.4 Å². The summed E-state index contributed by atoms with van der Waals surface area (Å²) in [6.07, 6.45) is 3.47. The Labute approximate surface area is 206 Å². The van der Waals surface area contributed by atoms with E-state index in [2.05, 4.69) is 15.3 Å². The van der Waals surface area contributed by atoms with Gasteiger partial charge in [-0.1, -0.05) is 35.5 Å². The van der Waals surface area contributed by atoms with Crippen LogP contribution in [0.5, 0.6) is 11.5 Å². The Hall–Kier alpha value is -3.74. The van der Waals surface area contributed by atoms with Gasteiger partial charge in [0.05, 0.1) is 11.4 Å². The van der Waals surface area contributed by atoms with Crippen molar-refractivity contribution < 1.29 is 9.84 Å². The minimum atomic E-state index is 0.239. The van der Waals surface area contributed by atoms with E-state index in [0.29, 0.717) is 17.3 Å². The fourth-order valence-corrected chi connectivity index (χ4v) is 4.55. The van der Waals surface area contributed by atoms with Gasteiger partial charge < -0.3 is 15.2 Å². The molecule has 0 aliphatic rings. The molecule has 2 heterocycles. The maximum absolute atomic E-state index is 9.62. The topological polar surface area (TPSA) is 67.3 Å². The molecule has 0 unspecified atom stereocenters. The van der Waals surface area contributed by atoms with Gasteiger partial charge in [-0.2, -0.15) is 0 Å². The van der Waals surface area contributed by atoms with Crippen molar-refractivity contribution in [2.45, 2.75) is 16.4 Å². The molecule has 5 nitrogen and oxygen atoms in total. The molecule has 0 amide bonds. The maximum atomic E-state index is 9.62. The Morgan fingerprint density at radius 2 is 1.71 bits per heavy atom. The molecule has 0 fully saturated rings. The number of halogens is 1. The molecule has 0 spiro atoms. The van der Waals surface area contributed by atoms with Gasteiger partial charge in [-0.25, -0.2) is 9.97 Å². The van der Waals surface area contributed by atoms with Crippen LogP contribution in [0.25, 0.3) is 11.0 Å². The van der Waals surface area contributed by atoms with Crippen LogP contribution in [0.2, 0.25) is 5.02 Å². The summed E-state index contributed by atoms with van der Waals surface area (Å²) in [4.78, 5) is 10.7. The summed E-state index contributed by atoms with van der Waals surface area (Å²) in [5.74, 6) is 0.970. The van der Waals surface area contributed by atoms with E-state index < -0.39 is 0 Å². The molecule has 5 rings (SSSR count). The predicted molar refractivity (Wildman–Crippen MR) is 137 cm³/mol. The minimum absolute atomic E-state index is 0.239. The monoisotopic (exact) mass is 485 g/mol. The van der Waals surface area contributed by atoms with E-state index in [9.17, 15) is 5.11 Å². The van der Waals surface area contributed by atoms with E-state index in [4.69, 9.17) is 16.3 Å². The summed E-state index contributed by atoms with van der Waals surface area (Å²) in [5.41, 5.74) is 3.46. The number of nitrogens with one attached hydrogen (secondary N) is 1. The third-order valence-corrected chi connectivity index (χ3v) is 6.41. The van der Waals surface area contributed by atoms with Gasteiger partial charge in [-0.15, -0.1) is 0 Å². The number of fused-ring (bicyclic) bond motifs is 1. The molecular formula is C27H20ClN3O2S. The van der Waals surface area contributed by atoms with E-state index in [1.807, 2.05) is 72.8 Å². The van der Waals surface area contributed by atoms with E-state index >= 15 is 0 Å². The number of ether oxygens (including phenoxy) is 1. The van der Waals surface area contributed by atoms with Crippen LogP contribution in [-0.2, 0) is 6.61 Å². The second-order valence-electron chi connectivity index (χ2n) is 7.53. The lowest BCUT2D eigenvalue weighted by molar-refractivity contribution is 0.306.